The van der Waals surface area contributed by atoms with Gasteiger partial charge >= 0.3 is 39.5 Å². The van der Waals surface area contributed by atoms with Gasteiger partial charge in [-0.3, -0.25) is 37.3 Å². The molecule has 0 fully saturated rings. The lowest BCUT2D eigenvalue weighted by atomic mass is 9.99. The molecule has 91 heavy (non-hydrogen) atoms. The zero-order valence-corrected chi connectivity index (χ0v) is 61.3. The molecule has 0 spiro atoms. The Morgan fingerprint density at radius 1 is 0.308 bits per heavy atom. The van der Waals surface area contributed by atoms with E-state index in [4.69, 9.17) is 37.0 Å². The molecule has 0 saturated carbocycles. The number of unbranched alkanes of at least 4 members (excludes halogenated alkanes) is 33. The number of esters is 4. The second kappa shape index (κ2) is 61.6. The molecule has 0 rings (SSSR count). The van der Waals surface area contributed by atoms with Gasteiger partial charge < -0.3 is 33.8 Å². The van der Waals surface area contributed by atoms with Crippen LogP contribution in [0.25, 0.3) is 0 Å². The average molecular weight is 1340 g/mol. The number of carbonyl (C=O) groups is 4. The maximum atomic E-state index is 13.0. The van der Waals surface area contributed by atoms with E-state index < -0.39 is 97.5 Å². The van der Waals surface area contributed by atoms with Crippen LogP contribution in [0.4, 0.5) is 0 Å². The highest BCUT2D eigenvalue weighted by molar-refractivity contribution is 7.47. The van der Waals surface area contributed by atoms with Crippen molar-refractivity contribution in [2.45, 2.75) is 375 Å². The normalized spacial score (nSPS) is 14.8. The first-order valence-corrected chi connectivity index (χ1v) is 40.3. The Labute approximate surface area is 556 Å². The van der Waals surface area contributed by atoms with Crippen molar-refractivity contribution in [2.24, 2.45) is 23.7 Å². The Hall–Kier alpha value is -1.94. The van der Waals surface area contributed by atoms with Crippen LogP contribution < -0.4 is 0 Å². The van der Waals surface area contributed by atoms with Gasteiger partial charge in [-0.1, -0.05) is 306 Å². The zero-order chi connectivity index (χ0) is 67.5. The number of hydrogen-bond acceptors (Lipinski definition) is 15. The van der Waals surface area contributed by atoms with Crippen LogP contribution in [0.15, 0.2) is 0 Å². The minimum Gasteiger partial charge on any atom is -0.462 e. The van der Waals surface area contributed by atoms with Crippen LogP contribution in [0, 0.1) is 23.7 Å². The van der Waals surface area contributed by atoms with Crippen molar-refractivity contribution in [3.8, 4) is 0 Å². The summed E-state index contributed by atoms with van der Waals surface area (Å²) in [6, 6.07) is 0. The van der Waals surface area contributed by atoms with E-state index in [9.17, 15) is 43.2 Å². The smallest absolute Gasteiger partial charge is 0.462 e. The summed E-state index contributed by atoms with van der Waals surface area (Å²) < 4.78 is 68.4. The number of phosphoric ester groups is 2. The van der Waals surface area contributed by atoms with Crippen LogP contribution in [0.5, 0.6) is 0 Å². The third-order valence-electron chi connectivity index (χ3n) is 17.3. The molecule has 5 unspecified atom stereocenters. The molecule has 0 aromatic carbocycles. The molecular formula is C72H140O17P2. The van der Waals surface area contributed by atoms with E-state index in [1.165, 1.54) is 154 Å². The molecule has 0 radical (unpaired) electrons. The Balaban J connectivity index is 5.27. The summed E-state index contributed by atoms with van der Waals surface area (Å²) in [4.78, 5) is 72.6. The van der Waals surface area contributed by atoms with Crippen molar-refractivity contribution in [2.75, 3.05) is 39.6 Å². The fourth-order valence-electron chi connectivity index (χ4n) is 10.8. The van der Waals surface area contributed by atoms with Gasteiger partial charge in [0.1, 0.15) is 19.3 Å². The van der Waals surface area contributed by atoms with Crippen LogP contribution in [0.3, 0.4) is 0 Å². The highest BCUT2D eigenvalue weighted by atomic mass is 31.2. The van der Waals surface area contributed by atoms with Gasteiger partial charge in [0.25, 0.3) is 0 Å². The monoisotopic (exact) mass is 1340 g/mol. The molecule has 0 amide bonds. The largest absolute Gasteiger partial charge is 0.472 e. The second-order valence-electron chi connectivity index (χ2n) is 27.4. The van der Waals surface area contributed by atoms with Crippen molar-refractivity contribution < 1.29 is 80.2 Å². The van der Waals surface area contributed by atoms with Gasteiger partial charge in [0, 0.05) is 25.7 Å². The predicted molar refractivity (Wildman–Crippen MR) is 367 cm³/mol. The van der Waals surface area contributed by atoms with Crippen molar-refractivity contribution in [1.82, 2.24) is 0 Å². The zero-order valence-electron chi connectivity index (χ0n) is 59.5. The third-order valence-corrected chi connectivity index (χ3v) is 19.2. The number of rotatable bonds is 69. The highest BCUT2D eigenvalue weighted by Crippen LogP contribution is 2.45. The summed E-state index contributed by atoms with van der Waals surface area (Å²) in [6.45, 7) is 14.2. The maximum Gasteiger partial charge on any atom is 0.472 e. The van der Waals surface area contributed by atoms with Gasteiger partial charge in [-0.2, -0.15) is 0 Å². The second-order valence-corrected chi connectivity index (χ2v) is 30.3. The lowest BCUT2D eigenvalue weighted by Crippen LogP contribution is -2.30. The molecule has 540 valence electrons. The third kappa shape index (κ3) is 63.9. The summed E-state index contributed by atoms with van der Waals surface area (Å²) in [7, 11) is -9.91. The molecule has 0 bridgehead atoms. The van der Waals surface area contributed by atoms with E-state index in [2.05, 4.69) is 55.4 Å². The molecular weight excluding hydrogens is 1200 g/mol. The number of carbonyl (C=O) groups excluding carboxylic acids is 4. The molecule has 7 atom stereocenters. The molecule has 0 aliphatic carbocycles. The Bertz CT molecular complexity index is 1800. The van der Waals surface area contributed by atoms with Crippen LogP contribution >= 0.6 is 15.6 Å². The van der Waals surface area contributed by atoms with Gasteiger partial charge in [0.05, 0.1) is 26.4 Å². The standard InChI is InChI=1S/C72H140O17P2/c1-9-64(7)50-42-34-26-18-12-15-20-28-36-44-52-69(74)82-58-67(88-72(77)55-47-39-30-22-16-13-19-27-35-43-51-65(8)10-2)60-86-90(78,79)84-56-66(73)57-85-91(80,81)87-61-68(59-83-70(75)53-45-37-31-23-25-33-41-49-63(5)6)89-71(76)54-46-38-29-21-14-11-17-24-32-40-48-62(3)4/h62-68,73H,9-61H2,1-8H3,(H,78,79)(H,80,81)/t64?,65?,66?,67-,68-/m1/s1. The average Bonchev–Trinajstić information content (AvgIpc) is 3.62. The van der Waals surface area contributed by atoms with Crippen LogP contribution in [-0.4, -0.2) is 96.7 Å². The van der Waals surface area contributed by atoms with E-state index in [0.29, 0.717) is 31.6 Å². The first-order valence-electron chi connectivity index (χ1n) is 37.3. The lowest BCUT2D eigenvalue weighted by Gasteiger charge is -2.21. The molecule has 19 heteroatoms. The van der Waals surface area contributed by atoms with Gasteiger partial charge in [-0.05, 0) is 49.4 Å². The molecule has 0 aromatic rings. The maximum absolute atomic E-state index is 13.0. The molecule has 0 aromatic heterocycles. The summed E-state index contributed by atoms with van der Waals surface area (Å²) >= 11 is 0. The summed E-state index contributed by atoms with van der Waals surface area (Å²) in [5.41, 5.74) is 0. The molecule has 0 aliphatic rings. The van der Waals surface area contributed by atoms with E-state index in [0.717, 1.165) is 114 Å². The van der Waals surface area contributed by atoms with Crippen molar-refractivity contribution in [1.29, 1.82) is 0 Å². The van der Waals surface area contributed by atoms with Crippen LogP contribution in [0.1, 0.15) is 357 Å². The van der Waals surface area contributed by atoms with E-state index in [1.54, 1.807) is 0 Å². The Kier molecular flexibility index (Phi) is 60.3. The quantitative estimate of drug-likeness (QED) is 0.0222. The van der Waals surface area contributed by atoms with E-state index in [-0.39, 0.29) is 25.7 Å². The number of phosphoric acid groups is 2. The molecule has 17 nitrogen and oxygen atoms in total. The highest BCUT2D eigenvalue weighted by Gasteiger charge is 2.30. The summed E-state index contributed by atoms with van der Waals surface area (Å²) in [5.74, 6) is 0.943. The number of aliphatic hydroxyl groups excluding tert-OH is 1. The Morgan fingerprint density at radius 2 is 0.527 bits per heavy atom. The van der Waals surface area contributed by atoms with Gasteiger partial charge in [-0.25, -0.2) is 9.13 Å². The van der Waals surface area contributed by atoms with Gasteiger partial charge in [0.15, 0.2) is 12.2 Å². The van der Waals surface area contributed by atoms with Gasteiger partial charge in [0.2, 0.25) is 0 Å². The minimum atomic E-state index is -4.95. The van der Waals surface area contributed by atoms with Crippen LogP contribution in [0.2, 0.25) is 0 Å². The molecule has 0 heterocycles. The Morgan fingerprint density at radius 3 is 0.780 bits per heavy atom. The fraction of sp³-hybridized carbons (Fsp3) is 0.944. The first-order chi connectivity index (χ1) is 43.7. The van der Waals surface area contributed by atoms with Crippen LogP contribution in [-0.2, 0) is 65.4 Å². The summed E-state index contributed by atoms with van der Waals surface area (Å²) in [5, 5.41) is 10.6. The van der Waals surface area contributed by atoms with Crippen molar-refractivity contribution in [3.05, 3.63) is 0 Å². The number of hydrogen-bond donors (Lipinski definition) is 3. The summed E-state index contributed by atoms with van der Waals surface area (Å²) in [6.07, 6.45) is 44.3. The first kappa shape index (κ1) is 89.1. The topological polar surface area (TPSA) is 237 Å². The molecule has 0 aliphatic heterocycles. The lowest BCUT2D eigenvalue weighted by molar-refractivity contribution is -0.161. The predicted octanol–water partition coefficient (Wildman–Crippen LogP) is 20.5. The minimum absolute atomic E-state index is 0.105. The van der Waals surface area contributed by atoms with E-state index in [1.807, 2.05) is 0 Å². The van der Waals surface area contributed by atoms with E-state index >= 15 is 0 Å². The molecule has 3 N–H and O–H groups in total. The van der Waals surface area contributed by atoms with Gasteiger partial charge in [-0.15, -0.1) is 0 Å². The van der Waals surface area contributed by atoms with Crippen molar-refractivity contribution >= 4 is 39.5 Å². The van der Waals surface area contributed by atoms with Crippen molar-refractivity contribution in [3.63, 3.8) is 0 Å². The SMILES string of the molecule is CCC(C)CCCCCCCCCCCCC(=O)OC[C@H](COP(=O)(O)OCC(O)COP(=O)(O)OC[C@@H](COC(=O)CCCCCCCCCC(C)C)OC(=O)CCCCCCCCCCCCC(C)C)OC(=O)CCCCCCCCCCCCC(C)CC. The molecule has 0 saturated heterocycles. The number of aliphatic hydroxyl groups is 1. The number of ether oxygens (including phenoxy) is 4. The fourth-order valence-corrected chi connectivity index (χ4v) is 12.4.